The molecule has 0 bridgehead atoms. The number of nitrogens with one attached hydrogen (secondary N) is 1. The minimum absolute atomic E-state index is 0.449. The van der Waals surface area contributed by atoms with Crippen molar-refractivity contribution in [3.05, 3.63) is 35.9 Å². The number of benzene rings is 1. The molecule has 0 spiro atoms. The van der Waals surface area contributed by atoms with Crippen molar-refractivity contribution in [2.24, 2.45) is 0 Å². The summed E-state index contributed by atoms with van der Waals surface area (Å²) in [6, 6.07) is 11.8. The molecule has 1 atom stereocenters. The van der Waals surface area contributed by atoms with Crippen molar-refractivity contribution in [3.63, 3.8) is 0 Å². The minimum atomic E-state index is 0.449. The summed E-state index contributed by atoms with van der Waals surface area (Å²) < 4.78 is 5.57. The summed E-state index contributed by atoms with van der Waals surface area (Å²) in [6.45, 7) is 9.31. The number of ether oxygens (including phenoxy) is 1. The zero-order valence-electron chi connectivity index (χ0n) is 12.1. The van der Waals surface area contributed by atoms with Crippen LogP contribution in [0.3, 0.4) is 0 Å². The van der Waals surface area contributed by atoms with Gasteiger partial charge in [-0.25, -0.2) is 0 Å². The van der Waals surface area contributed by atoms with Gasteiger partial charge in [0.15, 0.2) is 0 Å². The predicted octanol–water partition coefficient (Wildman–Crippen LogP) is 2.45. The largest absolute Gasteiger partial charge is 0.380 e. The molecule has 3 nitrogen and oxygen atoms in total. The number of nitrogens with zero attached hydrogens (tertiary/aromatic N) is 1. The first kappa shape index (κ1) is 14.5. The molecule has 3 heteroatoms. The molecule has 19 heavy (non-hydrogen) atoms. The minimum Gasteiger partial charge on any atom is -0.380 e. The van der Waals surface area contributed by atoms with E-state index < -0.39 is 0 Å². The fourth-order valence-corrected chi connectivity index (χ4v) is 2.56. The highest BCUT2D eigenvalue weighted by molar-refractivity contribution is 5.19. The van der Waals surface area contributed by atoms with Crippen LogP contribution >= 0.6 is 0 Å². The van der Waals surface area contributed by atoms with E-state index in [1.54, 1.807) is 0 Å². The van der Waals surface area contributed by atoms with Crippen molar-refractivity contribution in [1.82, 2.24) is 10.2 Å². The summed E-state index contributed by atoms with van der Waals surface area (Å²) >= 11 is 0. The van der Waals surface area contributed by atoms with Gasteiger partial charge in [-0.1, -0.05) is 44.2 Å². The van der Waals surface area contributed by atoms with Crippen molar-refractivity contribution < 1.29 is 4.74 Å². The van der Waals surface area contributed by atoms with Crippen LogP contribution in [0.15, 0.2) is 30.3 Å². The molecule has 1 aliphatic heterocycles. The lowest BCUT2D eigenvalue weighted by Gasteiger charge is -2.31. The zero-order valence-corrected chi connectivity index (χ0v) is 12.1. The Labute approximate surface area is 116 Å². The van der Waals surface area contributed by atoms with Gasteiger partial charge in [0.05, 0.1) is 6.61 Å². The average Bonchev–Trinajstić information content (AvgIpc) is 2.69. The second-order valence-corrected chi connectivity index (χ2v) is 5.49. The highest BCUT2D eigenvalue weighted by atomic mass is 16.5. The lowest BCUT2D eigenvalue weighted by Crippen LogP contribution is -2.39. The molecule has 1 aromatic carbocycles. The summed E-state index contributed by atoms with van der Waals surface area (Å²) in [5.41, 5.74) is 1.40. The third kappa shape index (κ3) is 4.60. The normalized spacial score (nSPS) is 19.3. The van der Waals surface area contributed by atoms with Gasteiger partial charge in [0.25, 0.3) is 0 Å². The Morgan fingerprint density at radius 3 is 2.68 bits per heavy atom. The Hall–Kier alpha value is -0.900. The molecule has 1 saturated heterocycles. The topological polar surface area (TPSA) is 24.5 Å². The lowest BCUT2D eigenvalue weighted by atomic mass is 10.0. The van der Waals surface area contributed by atoms with Crippen LogP contribution in [0.4, 0.5) is 0 Å². The maximum atomic E-state index is 5.57. The molecule has 0 radical (unpaired) electrons. The van der Waals surface area contributed by atoms with Crippen LogP contribution in [0, 0.1) is 0 Å². The Balaban J connectivity index is 2.08. The van der Waals surface area contributed by atoms with Crippen LogP contribution in [0.2, 0.25) is 0 Å². The van der Waals surface area contributed by atoms with Gasteiger partial charge >= 0.3 is 0 Å². The molecule has 1 N–H and O–H groups in total. The van der Waals surface area contributed by atoms with E-state index in [1.807, 2.05) is 0 Å². The van der Waals surface area contributed by atoms with Crippen molar-refractivity contribution in [1.29, 1.82) is 0 Å². The maximum Gasteiger partial charge on any atom is 0.0593 e. The van der Waals surface area contributed by atoms with E-state index in [1.165, 1.54) is 5.56 Å². The number of hydrogen-bond donors (Lipinski definition) is 1. The molecule has 1 aromatic rings. The van der Waals surface area contributed by atoms with Gasteiger partial charge in [0, 0.05) is 38.3 Å². The number of rotatable bonds is 5. The molecule has 1 unspecified atom stereocenters. The van der Waals surface area contributed by atoms with Crippen LogP contribution in [0.25, 0.3) is 0 Å². The van der Waals surface area contributed by atoms with Crippen molar-refractivity contribution in [2.45, 2.75) is 32.4 Å². The van der Waals surface area contributed by atoms with Crippen LogP contribution in [-0.4, -0.2) is 43.8 Å². The lowest BCUT2D eigenvalue weighted by molar-refractivity contribution is 0.130. The third-order valence-electron chi connectivity index (χ3n) is 3.60. The number of hydrogen-bond acceptors (Lipinski definition) is 3. The summed E-state index contributed by atoms with van der Waals surface area (Å²) in [4.78, 5) is 2.55. The van der Waals surface area contributed by atoms with Crippen LogP contribution < -0.4 is 5.32 Å². The van der Waals surface area contributed by atoms with Gasteiger partial charge in [-0.15, -0.1) is 0 Å². The second kappa shape index (κ2) is 7.63. The fourth-order valence-electron chi connectivity index (χ4n) is 2.56. The van der Waals surface area contributed by atoms with Crippen molar-refractivity contribution in [3.8, 4) is 0 Å². The Bertz CT molecular complexity index is 345. The Morgan fingerprint density at radius 1 is 1.16 bits per heavy atom. The Morgan fingerprint density at radius 2 is 1.95 bits per heavy atom. The first-order chi connectivity index (χ1) is 9.27. The second-order valence-electron chi connectivity index (χ2n) is 5.49. The monoisotopic (exact) mass is 262 g/mol. The van der Waals surface area contributed by atoms with Crippen molar-refractivity contribution >= 4 is 0 Å². The van der Waals surface area contributed by atoms with Crippen LogP contribution in [0.1, 0.15) is 31.9 Å². The molecule has 106 valence electrons. The first-order valence-corrected chi connectivity index (χ1v) is 7.37. The van der Waals surface area contributed by atoms with Gasteiger partial charge in [0.2, 0.25) is 0 Å². The van der Waals surface area contributed by atoms with Gasteiger partial charge in [-0.3, -0.25) is 4.90 Å². The molecule has 1 fully saturated rings. The molecule has 0 aromatic heterocycles. The SMILES string of the molecule is CC(C)NCC(c1ccccc1)N1CCCOCC1. The zero-order chi connectivity index (χ0) is 13.5. The standard InChI is InChI=1S/C16H26N2O/c1-14(2)17-13-16(15-7-4-3-5-8-15)18-9-6-11-19-12-10-18/h3-5,7-8,14,16-17H,6,9-13H2,1-2H3. The molecular formula is C16H26N2O. The third-order valence-corrected chi connectivity index (χ3v) is 3.60. The smallest absolute Gasteiger partial charge is 0.0593 e. The highest BCUT2D eigenvalue weighted by Gasteiger charge is 2.21. The van der Waals surface area contributed by atoms with Gasteiger partial charge in [-0.05, 0) is 12.0 Å². The maximum absolute atomic E-state index is 5.57. The quantitative estimate of drug-likeness (QED) is 0.882. The summed E-state index contributed by atoms with van der Waals surface area (Å²) in [6.07, 6.45) is 1.13. The summed E-state index contributed by atoms with van der Waals surface area (Å²) in [5, 5.41) is 3.58. The average molecular weight is 262 g/mol. The van der Waals surface area contributed by atoms with E-state index in [9.17, 15) is 0 Å². The van der Waals surface area contributed by atoms with Crippen molar-refractivity contribution in [2.75, 3.05) is 32.8 Å². The van der Waals surface area contributed by atoms with Gasteiger partial charge in [-0.2, -0.15) is 0 Å². The van der Waals surface area contributed by atoms with Gasteiger partial charge in [0.1, 0.15) is 0 Å². The van der Waals surface area contributed by atoms with E-state index >= 15 is 0 Å². The Kier molecular flexibility index (Phi) is 5.83. The van der Waals surface area contributed by atoms with E-state index in [4.69, 9.17) is 4.74 Å². The van der Waals surface area contributed by atoms with E-state index in [0.29, 0.717) is 12.1 Å². The molecule has 0 aliphatic carbocycles. The van der Waals surface area contributed by atoms with E-state index in [2.05, 4.69) is 54.4 Å². The predicted molar refractivity (Wildman–Crippen MR) is 79.3 cm³/mol. The van der Waals surface area contributed by atoms with Crippen LogP contribution in [0.5, 0.6) is 0 Å². The summed E-state index contributed by atoms with van der Waals surface area (Å²) in [5.74, 6) is 0. The molecule has 0 amide bonds. The molecule has 1 heterocycles. The van der Waals surface area contributed by atoms with Gasteiger partial charge < -0.3 is 10.1 Å². The van der Waals surface area contributed by atoms with Crippen LogP contribution in [-0.2, 0) is 4.74 Å². The molecule has 2 rings (SSSR count). The van der Waals surface area contributed by atoms with E-state index in [-0.39, 0.29) is 0 Å². The first-order valence-electron chi connectivity index (χ1n) is 7.37. The summed E-state index contributed by atoms with van der Waals surface area (Å²) in [7, 11) is 0. The fraction of sp³-hybridized carbons (Fsp3) is 0.625. The highest BCUT2D eigenvalue weighted by Crippen LogP contribution is 2.21. The molecule has 1 aliphatic rings. The molecule has 0 saturated carbocycles. The molecular weight excluding hydrogens is 236 g/mol. The van der Waals surface area contributed by atoms with E-state index in [0.717, 1.165) is 39.3 Å².